The highest BCUT2D eigenvalue weighted by Crippen LogP contribution is 2.51. The lowest BCUT2D eigenvalue weighted by Crippen LogP contribution is -2.27. The molecular formula is C36H24O. The Morgan fingerprint density at radius 2 is 1.30 bits per heavy atom. The van der Waals surface area contributed by atoms with E-state index in [9.17, 15) is 2.74 Å². The smallest absolute Gasteiger partial charge is 0.136 e. The van der Waals surface area contributed by atoms with Crippen molar-refractivity contribution >= 4 is 32.3 Å². The van der Waals surface area contributed by atoms with Crippen LogP contribution in [0.2, 0.25) is 0 Å². The minimum Gasteiger partial charge on any atom is -0.484 e. The number of hydrogen-bond donors (Lipinski definition) is 0. The Labute approximate surface area is 227 Å². The molecule has 0 fully saturated rings. The summed E-state index contributed by atoms with van der Waals surface area (Å²) in [5, 5.41) is 2.53. The van der Waals surface area contributed by atoms with Crippen LogP contribution in [0.1, 0.15) is 22.4 Å². The maximum absolute atomic E-state index is 9.22. The van der Waals surface area contributed by atoms with Gasteiger partial charge in [-0.15, -0.1) is 0 Å². The molecule has 0 spiro atoms. The van der Waals surface area contributed by atoms with Crippen LogP contribution in [0.3, 0.4) is 0 Å². The van der Waals surface area contributed by atoms with Gasteiger partial charge < -0.3 is 4.74 Å². The van der Waals surface area contributed by atoms with E-state index in [2.05, 4.69) is 12.1 Å². The zero-order valence-corrected chi connectivity index (χ0v) is 19.6. The molecule has 1 aliphatic heterocycles. The summed E-state index contributed by atoms with van der Waals surface area (Å²) >= 11 is 0. The number of ether oxygens (including phenoxy) is 1. The zero-order valence-electron chi connectivity index (χ0n) is 27.6. The molecule has 174 valence electrons. The fraction of sp³-hybridized carbons (Fsp3) is 0.0556. The van der Waals surface area contributed by atoms with E-state index in [0.717, 1.165) is 16.3 Å². The third-order valence-electron chi connectivity index (χ3n) is 7.43. The van der Waals surface area contributed by atoms with Gasteiger partial charge in [0.05, 0.1) is 11.0 Å². The predicted octanol–water partition coefficient (Wildman–Crippen LogP) is 9.45. The summed E-state index contributed by atoms with van der Waals surface area (Å²) in [6, 6.07) is 16.0. The van der Waals surface area contributed by atoms with Gasteiger partial charge in [-0.2, -0.15) is 0 Å². The summed E-state index contributed by atoms with van der Waals surface area (Å²) in [4.78, 5) is 0. The molecule has 8 rings (SSSR count). The van der Waals surface area contributed by atoms with Crippen LogP contribution < -0.4 is 4.74 Å². The van der Waals surface area contributed by atoms with Crippen LogP contribution in [0.5, 0.6) is 5.75 Å². The second kappa shape index (κ2) is 7.94. The van der Waals surface area contributed by atoms with Gasteiger partial charge >= 0.3 is 0 Å². The van der Waals surface area contributed by atoms with Gasteiger partial charge in [0.25, 0.3) is 0 Å². The maximum atomic E-state index is 9.22. The summed E-state index contributed by atoms with van der Waals surface area (Å²) in [6.07, 6.45) is 7.69. The molecular weight excluding hydrogens is 448 g/mol. The Balaban J connectivity index is 1.68. The van der Waals surface area contributed by atoms with Crippen LogP contribution in [0, 0.1) is 0 Å². The van der Waals surface area contributed by atoms with Crippen LogP contribution >= 0.6 is 0 Å². The molecule has 37 heavy (non-hydrogen) atoms. The van der Waals surface area contributed by atoms with Gasteiger partial charge in [0.2, 0.25) is 0 Å². The fourth-order valence-corrected chi connectivity index (χ4v) is 5.87. The van der Waals surface area contributed by atoms with E-state index in [4.69, 9.17) is 13.0 Å². The van der Waals surface area contributed by atoms with Crippen molar-refractivity contribution in [3.8, 4) is 28.0 Å². The largest absolute Gasteiger partial charge is 0.484 e. The van der Waals surface area contributed by atoms with Gasteiger partial charge in [0.15, 0.2) is 0 Å². The van der Waals surface area contributed by atoms with E-state index < -0.39 is 24.2 Å². The van der Waals surface area contributed by atoms with Crippen LogP contribution in [-0.4, -0.2) is 6.10 Å². The van der Waals surface area contributed by atoms with Crippen LogP contribution in [0.4, 0.5) is 0 Å². The van der Waals surface area contributed by atoms with Crippen molar-refractivity contribution < 1.29 is 15.7 Å². The molecule has 0 amide bonds. The highest BCUT2D eigenvalue weighted by Gasteiger charge is 2.32. The maximum Gasteiger partial charge on any atom is 0.136 e. The Kier molecular flexibility index (Phi) is 3.05. The first kappa shape index (κ1) is 14.2. The fourth-order valence-electron chi connectivity index (χ4n) is 5.87. The molecule has 0 aromatic heterocycles. The molecule has 2 atom stereocenters. The van der Waals surface area contributed by atoms with Crippen molar-refractivity contribution in [1.82, 2.24) is 0 Å². The average Bonchev–Trinajstić information content (AvgIpc) is 3.07. The van der Waals surface area contributed by atoms with Gasteiger partial charge in [-0.05, 0) is 55.8 Å². The monoisotopic (exact) mass is 480 g/mol. The lowest BCUT2D eigenvalue weighted by Gasteiger charge is -2.33. The molecule has 0 saturated heterocycles. The van der Waals surface area contributed by atoms with Gasteiger partial charge in [-0.3, -0.25) is 0 Å². The lowest BCUT2D eigenvalue weighted by atomic mass is 9.81. The summed E-state index contributed by atoms with van der Waals surface area (Å²) in [5.74, 6) is 0.490. The second-order valence-electron chi connectivity index (χ2n) is 9.38. The number of fused-ring (bicyclic) bond motifs is 4. The molecule has 6 aromatic rings. The molecule has 6 aromatic carbocycles. The van der Waals surface area contributed by atoms with Crippen LogP contribution in [0.25, 0.3) is 54.6 Å². The SMILES string of the molecule is [2H]c1c([2H])c([2H])c2c(-c3ccc4cccc5c4c3OC3C=CC=CC53)c3c([2H])c([2H])c([2H])c([2H])c3c(-c3ccccc3)c2c1[2H]. The molecule has 1 aliphatic carbocycles. The van der Waals surface area contributed by atoms with E-state index in [1.54, 1.807) is 24.3 Å². The molecule has 0 radical (unpaired) electrons. The lowest BCUT2D eigenvalue weighted by molar-refractivity contribution is 0.228. The normalized spacial score (nSPS) is 20.8. The summed E-state index contributed by atoms with van der Waals surface area (Å²) in [6.45, 7) is 0. The van der Waals surface area contributed by atoms with Crippen LogP contribution in [-0.2, 0) is 0 Å². The Hall–Kier alpha value is -4.62. The Morgan fingerprint density at radius 3 is 2.03 bits per heavy atom. The Bertz CT molecular complexity index is 2260. The predicted molar refractivity (Wildman–Crippen MR) is 155 cm³/mol. The first-order valence-electron chi connectivity index (χ1n) is 16.3. The van der Waals surface area contributed by atoms with E-state index in [0.29, 0.717) is 28.0 Å². The molecule has 2 aliphatic rings. The molecule has 0 saturated carbocycles. The summed E-state index contributed by atoms with van der Waals surface area (Å²) in [5.41, 5.74) is 2.76. The van der Waals surface area contributed by atoms with Crippen molar-refractivity contribution in [1.29, 1.82) is 0 Å². The minimum atomic E-state index is -0.426. The quantitative estimate of drug-likeness (QED) is 0.224. The van der Waals surface area contributed by atoms with Gasteiger partial charge in [-0.1, -0.05) is 121 Å². The van der Waals surface area contributed by atoms with Crippen molar-refractivity contribution in [2.24, 2.45) is 0 Å². The zero-order chi connectivity index (χ0) is 31.3. The third kappa shape index (κ3) is 2.98. The van der Waals surface area contributed by atoms with Crippen molar-refractivity contribution in [2.75, 3.05) is 0 Å². The van der Waals surface area contributed by atoms with Gasteiger partial charge in [0, 0.05) is 22.4 Å². The number of benzene rings is 6. The molecule has 1 nitrogen and oxygen atoms in total. The molecule has 0 bridgehead atoms. The van der Waals surface area contributed by atoms with Crippen molar-refractivity contribution in [3.05, 3.63) is 139 Å². The molecule has 1 heterocycles. The molecule has 2 unspecified atom stereocenters. The number of hydrogen-bond acceptors (Lipinski definition) is 1. The van der Waals surface area contributed by atoms with Gasteiger partial charge in [-0.25, -0.2) is 0 Å². The first-order chi connectivity index (χ1) is 21.7. The highest BCUT2D eigenvalue weighted by atomic mass is 16.5. The molecule has 1 heteroatoms. The third-order valence-corrected chi connectivity index (χ3v) is 7.43. The highest BCUT2D eigenvalue weighted by molar-refractivity contribution is 6.22. The molecule has 0 N–H and O–H groups in total. The van der Waals surface area contributed by atoms with Crippen molar-refractivity contribution in [3.63, 3.8) is 0 Å². The first-order valence-corrected chi connectivity index (χ1v) is 12.3. The van der Waals surface area contributed by atoms with E-state index in [-0.39, 0.29) is 57.7 Å². The Morgan fingerprint density at radius 1 is 0.622 bits per heavy atom. The second-order valence-corrected chi connectivity index (χ2v) is 9.38. The van der Waals surface area contributed by atoms with Gasteiger partial charge in [0.1, 0.15) is 11.9 Å². The van der Waals surface area contributed by atoms with Crippen molar-refractivity contribution in [2.45, 2.75) is 12.0 Å². The topological polar surface area (TPSA) is 9.23 Å². The summed E-state index contributed by atoms with van der Waals surface area (Å²) < 4.78 is 78.1. The number of rotatable bonds is 2. The van der Waals surface area contributed by atoms with Crippen LogP contribution in [0.15, 0.2) is 133 Å². The minimum absolute atomic E-state index is 0.0232. The van der Waals surface area contributed by atoms with E-state index in [1.165, 1.54) is 0 Å². The van der Waals surface area contributed by atoms with E-state index in [1.807, 2.05) is 48.6 Å². The summed E-state index contributed by atoms with van der Waals surface area (Å²) in [7, 11) is 0. The van der Waals surface area contributed by atoms with E-state index >= 15 is 0 Å². The number of allylic oxidation sites excluding steroid dienone is 2. The standard InChI is InChI=1S/C36H24O/c1-2-11-23(12-3-1)33-27-15-4-6-17-29(27)35(30-18-7-5-16-28(30)33)31-22-21-24-13-10-19-26-25-14-8-9-20-32(25)37-36(31)34(24)26/h1-22,25,32H/i4D,5D,6D,7D,15D,16D,17D,18D. The average molecular weight is 481 g/mol.